The first kappa shape index (κ1) is 15.2. The zero-order valence-corrected chi connectivity index (χ0v) is 12.3. The number of nitrogens with zero attached hydrogens (tertiary/aromatic N) is 1. The summed E-state index contributed by atoms with van der Waals surface area (Å²) in [7, 11) is 0. The average Bonchev–Trinajstić information content (AvgIpc) is 2.39. The lowest BCUT2D eigenvalue weighted by molar-refractivity contribution is -0.136. The highest BCUT2D eigenvalue weighted by atomic mass is 19.1. The highest BCUT2D eigenvalue weighted by Crippen LogP contribution is 2.23. The predicted octanol–water partition coefficient (Wildman–Crippen LogP) is 3.05. The summed E-state index contributed by atoms with van der Waals surface area (Å²) in [6.45, 7) is 5.55. The van der Waals surface area contributed by atoms with Crippen LogP contribution >= 0.6 is 0 Å². The molecule has 0 spiro atoms. The summed E-state index contributed by atoms with van der Waals surface area (Å²) in [5.41, 5.74) is 1.09. The van der Waals surface area contributed by atoms with E-state index in [9.17, 15) is 14.0 Å². The number of halogens is 1. The first-order valence-corrected chi connectivity index (χ1v) is 6.88. The minimum absolute atomic E-state index is 0.0337. The van der Waals surface area contributed by atoms with Crippen molar-refractivity contribution in [2.75, 3.05) is 0 Å². The van der Waals surface area contributed by atoms with Gasteiger partial charge in [-0.2, -0.15) is 0 Å². The Morgan fingerprint density at radius 2 is 2.05 bits per heavy atom. The molecule has 1 N–H and O–H groups in total. The van der Waals surface area contributed by atoms with Crippen LogP contribution in [0.5, 0.6) is 0 Å². The van der Waals surface area contributed by atoms with Crippen LogP contribution in [0.4, 0.5) is 4.39 Å². The van der Waals surface area contributed by atoms with E-state index in [2.05, 4.69) is 0 Å². The van der Waals surface area contributed by atoms with Gasteiger partial charge in [0.25, 0.3) is 0 Å². The first-order chi connectivity index (χ1) is 9.84. The number of carboxylic acid groups (broad SMARTS) is 1. The SMILES string of the molecule is Cc1c(CCC(=O)O)c(=O)c2cccc(F)c2n1C(C)C. The van der Waals surface area contributed by atoms with Crippen LogP contribution in [-0.2, 0) is 11.2 Å². The molecule has 1 aromatic carbocycles. The Hall–Kier alpha value is -2.17. The molecule has 0 radical (unpaired) electrons. The number of para-hydroxylation sites is 1. The maximum absolute atomic E-state index is 14.2. The summed E-state index contributed by atoms with van der Waals surface area (Å²) < 4.78 is 15.9. The van der Waals surface area contributed by atoms with Crippen LogP contribution in [0.25, 0.3) is 10.9 Å². The largest absolute Gasteiger partial charge is 0.481 e. The standard InChI is InChI=1S/C16H18FNO3/c1-9(2)18-10(3)11(7-8-14(19)20)16(21)12-5-4-6-13(17)15(12)18/h4-6,9H,7-8H2,1-3H3,(H,19,20). The number of pyridine rings is 1. The van der Waals surface area contributed by atoms with Gasteiger partial charge in [0.2, 0.25) is 0 Å². The highest BCUT2D eigenvalue weighted by molar-refractivity contribution is 5.81. The Balaban J connectivity index is 2.83. The summed E-state index contributed by atoms with van der Waals surface area (Å²) in [6.07, 6.45) is 0.0359. The molecule has 0 aliphatic heterocycles. The van der Waals surface area contributed by atoms with Gasteiger partial charge in [0.1, 0.15) is 5.82 Å². The Bertz CT molecular complexity index is 762. The van der Waals surface area contributed by atoms with Gasteiger partial charge in [0.15, 0.2) is 5.43 Å². The molecular weight excluding hydrogens is 273 g/mol. The lowest BCUT2D eigenvalue weighted by atomic mass is 10.0. The Morgan fingerprint density at radius 3 is 2.62 bits per heavy atom. The minimum atomic E-state index is -0.954. The molecule has 0 aliphatic rings. The maximum atomic E-state index is 14.2. The van der Waals surface area contributed by atoms with E-state index < -0.39 is 11.8 Å². The quantitative estimate of drug-likeness (QED) is 0.942. The molecule has 0 unspecified atom stereocenters. The molecule has 4 nitrogen and oxygen atoms in total. The van der Waals surface area contributed by atoms with Gasteiger partial charge in [0, 0.05) is 29.1 Å². The molecule has 21 heavy (non-hydrogen) atoms. The van der Waals surface area contributed by atoms with Crippen LogP contribution < -0.4 is 5.43 Å². The third-order valence-corrected chi connectivity index (χ3v) is 3.65. The molecule has 2 rings (SSSR count). The highest BCUT2D eigenvalue weighted by Gasteiger charge is 2.18. The molecule has 0 bridgehead atoms. The summed E-state index contributed by atoms with van der Waals surface area (Å²) >= 11 is 0. The number of carbonyl (C=O) groups is 1. The molecule has 112 valence electrons. The van der Waals surface area contributed by atoms with E-state index in [4.69, 9.17) is 5.11 Å². The fourth-order valence-corrected chi connectivity index (χ4v) is 2.76. The topological polar surface area (TPSA) is 59.3 Å². The zero-order valence-electron chi connectivity index (χ0n) is 12.3. The lowest BCUT2D eigenvalue weighted by Crippen LogP contribution is -2.21. The van der Waals surface area contributed by atoms with Crippen molar-refractivity contribution >= 4 is 16.9 Å². The Kier molecular flexibility index (Phi) is 4.11. The second-order valence-electron chi connectivity index (χ2n) is 5.39. The van der Waals surface area contributed by atoms with Gasteiger partial charge in [0.05, 0.1) is 5.52 Å². The molecule has 0 fully saturated rings. The fraction of sp³-hybridized carbons (Fsp3) is 0.375. The maximum Gasteiger partial charge on any atom is 0.303 e. The van der Waals surface area contributed by atoms with Crippen molar-refractivity contribution in [2.45, 2.75) is 39.7 Å². The van der Waals surface area contributed by atoms with E-state index >= 15 is 0 Å². The number of aromatic nitrogens is 1. The monoisotopic (exact) mass is 291 g/mol. The van der Waals surface area contributed by atoms with Crippen LogP contribution in [0.2, 0.25) is 0 Å². The molecule has 0 aliphatic carbocycles. The van der Waals surface area contributed by atoms with Gasteiger partial charge in [-0.3, -0.25) is 9.59 Å². The van der Waals surface area contributed by atoms with Crippen molar-refractivity contribution in [3.8, 4) is 0 Å². The zero-order chi connectivity index (χ0) is 15.7. The smallest absolute Gasteiger partial charge is 0.303 e. The van der Waals surface area contributed by atoms with Gasteiger partial charge in [-0.15, -0.1) is 0 Å². The van der Waals surface area contributed by atoms with Crippen LogP contribution in [-0.4, -0.2) is 15.6 Å². The second-order valence-corrected chi connectivity index (χ2v) is 5.39. The van der Waals surface area contributed by atoms with Crippen LogP contribution in [0.15, 0.2) is 23.0 Å². The minimum Gasteiger partial charge on any atom is -0.481 e. The number of carboxylic acids is 1. The third kappa shape index (κ3) is 2.68. The number of hydrogen-bond donors (Lipinski definition) is 1. The van der Waals surface area contributed by atoms with Gasteiger partial charge in [-0.25, -0.2) is 4.39 Å². The van der Waals surface area contributed by atoms with Crippen molar-refractivity contribution in [1.82, 2.24) is 4.57 Å². The van der Waals surface area contributed by atoms with Crippen LogP contribution in [0.1, 0.15) is 37.6 Å². The lowest BCUT2D eigenvalue weighted by Gasteiger charge is -2.21. The van der Waals surface area contributed by atoms with E-state index in [0.29, 0.717) is 16.6 Å². The fourth-order valence-electron chi connectivity index (χ4n) is 2.76. The van der Waals surface area contributed by atoms with Crippen molar-refractivity contribution in [2.24, 2.45) is 0 Å². The molecule has 0 saturated heterocycles. The van der Waals surface area contributed by atoms with Crippen molar-refractivity contribution in [3.05, 3.63) is 45.5 Å². The third-order valence-electron chi connectivity index (χ3n) is 3.65. The second kappa shape index (κ2) is 5.68. The van der Waals surface area contributed by atoms with Crippen molar-refractivity contribution in [3.63, 3.8) is 0 Å². The molecule has 5 heteroatoms. The number of benzene rings is 1. The van der Waals surface area contributed by atoms with Gasteiger partial charge < -0.3 is 9.67 Å². The summed E-state index contributed by atoms with van der Waals surface area (Å²) in [5, 5.41) is 9.12. The summed E-state index contributed by atoms with van der Waals surface area (Å²) in [6, 6.07) is 4.38. The molecular formula is C16H18FNO3. The number of aliphatic carboxylic acids is 1. The number of fused-ring (bicyclic) bond motifs is 1. The first-order valence-electron chi connectivity index (χ1n) is 6.88. The van der Waals surface area contributed by atoms with Crippen LogP contribution in [0.3, 0.4) is 0 Å². The average molecular weight is 291 g/mol. The van der Waals surface area contributed by atoms with Gasteiger partial charge in [-0.1, -0.05) is 6.07 Å². The molecule has 1 heterocycles. The number of hydrogen-bond acceptors (Lipinski definition) is 2. The normalized spacial score (nSPS) is 11.3. The molecule has 0 atom stereocenters. The summed E-state index contributed by atoms with van der Waals surface area (Å²) in [4.78, 5) is 23.3. The van der Waals surface area contributed by atoms with E-state index in [0.717, 1.165) is 0 Å². The van der Waals surface area contributed by atoms with E-state index in [1.807, 2.05) is 13.8 Å². The molecule has 0 saturated carbocycles. The van der Waals surface area contributed by atoms with Gasteiger partial charge in [-0.05, 0) is 39.3 Å². The van der Waals surface area contributed by atoms with E-state index in [1.165, 1.54) is 12.1 Å². The molecule has 0 amide bonds. The Morgan fingerprint density at radius 1 is 1.38 bits per heavy atom. The molecule has 1 aromatic heterocycles. The van der Waals surface area contributed by atoms with Crippen molar-refractivity contribution in [1.29, 1.82) is 0 Å². The predicted molar refractivity (Wildman–Crippen MR) is 79.2 cm³/mol. The molecule has 2 aromatic rings. The van der Waals surface area contributed by atoms with Gasteiger partial charge >= 0.3 is 5.97 Å². The van der Waals surface area contributed by atoms with E-state index in [1.54, 1.807) is 17.6 Å². The number of rotatable bonds is 4. The van der Waals surface area contributed by atoms with Crippen molar-refractivity contribution < 1.29 is 14.3 Å². The van der Waals surface area contributed by atoms with E-state index in [-0.39, 0.29) is 29.8 Å². The summed E-state index contributed by atoms with van der Waals surface area (Å²) in [5.74, 6) is -1.39. The van der Waals surface area contributed by atoms with Crippen LogP contribution in [0, 0.1) is 12.7 Å². The Labute approximate surface area is 121 Å².